The number of rotatable bonds is 7. The van der Waals surface area contributed by atoms with E-state index in [1.54, 1.807) is 0 Å². The number of aromatic nitrogens is 1. The fourth-order valence-corrected chi connectivity index (χ4v) is 2.42. The van der Waals surface area contributed by atoms with Crippen molar-refractivity contribution >= 4 is 0 Å². The standard InChI is InChI=1S/C17H28N2O2/c1-4-16-9-15(11-18-13(2)3)10-17(19-16)21-12-14-5-7-20-8-6-14/h9-10,13-14,18H,4-8,11-12H2,1-3H3. The summed E-state index contributed by atoms with van der Waals surface area (Å²) in [6, 6.07) is 4.71. The van der Waals surface area contributed by atoms with Crippen molar-refractivity contribution in [3.05, 3.63) is 23.4 Å². The lowest BCUT2D eigenvalue weighted by Gasteiger charge is -2.22. The lowest BCUT2D eigenvalue weighted by Crippen LogP contribution is -2.23. The highest BCUT2D eigenvalue weighted by Crippen LogP contribution is 2.18. The summed E-state index contributed by atoms with van der Waals surface area (Å²) in [5.41, 5.74) is 2.34. The average molecular weight is 292 g/mol. The zero-order chi connectivity index (χ0) is 15.1. The van der Waals surface area contributed by atoms with E-state index < -0.39 is 0 Å². The molecular weight excluding hydrogens is 264 g/mol. The molecule has 0 amide bonds. The number of hydrogen-bond acceptors (Lipinski definition) is 4. The van der Waals surface area contributed by atoms with Gasteiger partial charge in [0.2, 0.25) is 5.88 Å². The lowest BCUT2D eigenvalue weighted by atomic mass is 10.0. The quantitative estimate of drug-likeness (QED) is 0.839. The first kappa shape index (κ1) is 16.2. The van der Waals surface area contributed by atoms with Crippen LogP contribution in [0, 0.1) is 5.92 Å². The number of aryl methyl sites for hydroxylation is 1. The van der Waals surface area contributed by atoms with Crippen LogP contribution in [0.4, 0.5) is 0 Å². The third-order valence-electron chi connectivity index (χ3n) is 3.80. The summed E-state index contributed by atoms with van der Waals surface area (Å²) >= 11 is 0. The third kappa shape index (κ3) is 5.64. The normalized spacial score (nSPS) is 16.4. The van der Waals surface area contributed by atoms with Crippen LogP contribution in [0.1, 0.15) is 44.9 Å². The highest BCUT2D eigenvalue weighted by Gasteiger charge is 2.15. The molecule has 21 heavy (non-hydrogen) atoms. The monoisotopic (exact) mass is 292 g/mol. The molecule has 0 aromatic carbocycles. The molecule has 0 radical (unpaired) electrons. The second kappa shape index (κ2) is 8.35. The van der Waals surface area contributed by atoms with E-state index in [1.165, 1.54) is 5.56 Å². The van der Waals surface area contributed by atoms with E-state index in [0.717, 1.165) is 57.2 Å². The van der Waals surface area contributed by atoms with Crippen molar-refractivity contribution in [2.45, 2.75) is 52.6 Å². The second-order valence-electron chi connectivity index (χ2n) is 6.06. The Morgan fingerprint density at radius 1 is 1.33 bits per heavy atom. The Hall–Kier alpha value is -1.13. The zero-order valence-electron chi connectivity index (χ0n) is 13.5. The molecule has 2 heterocycles. The highest BCUT2D eigenvalue weighted by molar-refractivity contribution is 5.25. The smallest absolute Gasteiger partial charge is 0.213 e. The van der Waals surface area contributed by atoms with Gasteiger partial charge in [-0.1, -0.05) is 20.8 Å². The fourth-order valence-electron chi connectivity index (χ4n) is 2.42. The van der Waals surface area contributed by atoms with Crippen LogP contribution in [-0.2, 0) is 17.7 Å². The molecule has 1 fully saturated rings. The summed E-state index contributed by atoms with van der Waals surface area (Å²) in [6.07, 6.45) is 3.12. The molecule has 1 aliphatic heterocycles. The van der Waals surface area contributed by atoms with Crippen LogP contribution in [0.3, 0.4) is 0 Å². The molecule has 4 nitrogen and oxygen atoms in total. The van der Waals surface area contributed by atoms with Gasteiger partial charge in [0.15, 0.2) is 0 Å². The summed E-state index contributed by atoms with van der Waals surface area (Å²) in [4.78, 5) is 4.58. The van der Waals surface area contributed by atoms with Crippen molar-refractivity contribution in [3.8, 4) is 5.88 Å². The van der Waals surface area contributed by atoms with Crippen LogP contribution in [-0.4, -0.2) is 30.8 Å². The summed E-state index contributed by atoms with van der Waals surface area (Å²) in [6.45, 7) is 9.78. The van der Waals surface area contributed by atoms with Crippen LogP contribution in [0.25, 0.3) is 0 Å². The predicted octanol–water partition coefficient (Wildman–Crippen LogP) is 2.95. The molecule has 0 aliphatic carbocycles. The molecule has 0 spiro atoms. The van der Waals surface area contributed by atoms with Gasteiger partial charge >= 0.3 is 0 Å². The largest absolute Gasteiger partial charge is 0.477 e. The van der Waals surface area contributed by atoms with Crippen LogP contribution >= 0.6 is 0 Å². The van der Waals surface area contributed by atoms with Gasteiger partial charge in [0.05, 0.1) is 6.61 Å². The van der Waals surface area contributed by atoms with E-state index in [-0.39, 0.29) is 0 Å². The van der Waals surface area contributed by atoms with Crippen molar-refractivity contribution in [3.63, 3.8) is 0 Å². The Bertz CT molecular complexity index is 429. The van der Waals surface area contributed by atoms with Crippen molar-refractivity contribution in [2.75, 3.05) is 19.8 Å². The Morgan fingerprint density at radius 2 is 2.10 bits per heavy atom. The molecule has 2 rings (SSSR count). The highest BCUT2D eigenvalue weighted by atomic mass is 16.5. The van der Waals surface area contributed by atoms with Crippen molar-refractivity contribution in [2.24, 2.45) is 5.92 Å². The van der Waals surface area contributed by atoms with Gasteiger partial charge in [-0.25, -0.2) is 4.98 Å². The molecule has 0 unspecified atom stereocenters. The molecule has 1 N–H and O–H groups in total. The zero-order valence-corrected chi connectivity index (χ0v) is 13.5. The van der Waals surface area contributed by atoms with Gasteiger partial charge in [-0.05, 0) is 36.8 Å². The molecule has 1 aromatic rings. The maximum Gasteiger partial charge on any atom is 0.213 e. The van der Waals surface area contributed by atoms with Crippen LogP contribution in [0.15, 0.2) is 12.1 Å². The molecule has 0 saturated carbocycles. The molecule has 1 aliphatic rings. The van der Waals surface area contributed by atoms with Crippen LogP contribution in [0.2, 0.25) is 0 Å². The molecular formula is C17H28N2O2. The van der Waals surface area contributed by atoms with Crippen molar-refractivity contribution in [1.29, 1.82) is 0 Å². The lowest BCUT2D eigenvalue weighted by molar-refractivity contribution is 0.0490. The summed E-state index contributed by atoms with van der Waals surface area (Å²) in [7, 11) is 0. The number of pyridine rings is 1. The Labute approximate surface area is 128 Å². The molecule has 118 valence electrons. The maximum atomic E-state index is 5.94. The predicted molar refractivity (Wildman–Crippen MR) is 84.6 cm³/mol. The van der Waals surface area contributed by atoms with E-state index in [2.05, 4.69) is 43.2 Å². The first-order valence-electron chi connectivity index (χ1n) is 8.11. The van der Waals surface area contributed by atoms with E-state index in [1.807, 2.05) is 0 Å². The van der Waals surface area contributed by atoms with Gasteiger partial charge in [0.25, 0.3) is 0 Å². The fraction of sp³-hybridized carbons (Fsp3) is 0.706. The Kier molecular flexibility index (Phi) is 6.46. The summed E-state index contributed by atoms with van der Waals surface area (Å²) in [5, 5.41) is 3.45. The second-order valence-corrected chi connectivity index (χ2v) is 6.06. The van der Waals surface area contributed by atoms with Gasteiger partial charge in [-0.2, -0.15) is 0 Å². The first-order chi connectivity index (χ1) is 10.2. The van der Waals surface area contributed by atoms with Gasteiger partial charge in [0, 0.05) is 37.6 Å². The van der Waals surface area contributed by atoms with Crippen LogP contribution in [0.5, 0.6) is 5.88 Å². The summed E-state index contributed by atoms with van der Waals surface area (Å²) in [5.74, 6) is 1.37. The van der Waals surface area contributed by atoms with Gasteiger partial charge in [0.1, 0.15) is 0 Å². The maximum absolute atomic E-state index is 5.94. The Morgan fingerprint density at radius 3 is 2.76 bits per heavy atom. The SMILES string of the molecule is CCc1cc(CNC(C)C)cc(OCC2CCOCC2)n1. The molecule has 1 saturated heterocycles. The minimum absolute atomic E-state index is 0.481. The minimum Gasteiger partial charge on any atom is -0.477 e. The summed E-state index contributed by atoms with van der Waals surface area (Å²) < 4.78 is 11.3. The van der Waals surface area contributed by atoms with Crippen molar-refractivity contribution in [1.82, 2.24) is 10.3 Å². The van der Waals surface area contributed by atoms with Crippen LogP contribution < -0.4 is 10.1 Å². The molecule has 1 aromatic heterocycles. The van der Waals surface area contributed by atoms with E-state index in [0.29, 0.717) is 12.0 Å². The molecule has 4 heteroatoms. The van der Waals surface area contributed by atoms with E-state index in [4.69, 9.17) is 9.47 Å². The number of hydrogen-bond donors (Lipinski definition) is 1. The van der Waals surface area contributed by atoms with E-state index >= 15 is 0 Å². The van der Waals surface area contributed by atoms with E-state index in [9.17, 15) is 0 Å². The third-order valence-corrected chi connectivity index (χ3v) is 3.80. The van der Waals surface area contributed by atoms with Crippen molar-refractivity contribution < 1.29 is 9.47 Å². The minimum atomic E-state index is 0.481. The number of nitrogens with one attached hydrogen (secondary N) is 1. The molecule has 0 atom stereocenters. The number of ether oxygens (including phenoxy) is 2. The topological polar surface area (TPSA) is 43.4 Å². The van der Waals surface area contributed by atoms with Gasteiger partial charge in [-0.3, -0.25) is 0 Å². The van der Waals surface area contributed by atoms with Gasteiger partial charge < -0.3 is 14.8 Å². The molecule has 0 bridgehead atoms. The first-order valence-corrected chi connectivity index (χ1v) is 8.11. The van der Waals surface area contributed by atoms with Gasteiger partial charge in [-0.15, -0.1) is 0 Å². The number of nitrogens with zero attached hydrogens (tertiary/aromatic N) is 1. The Balaban J connectivity index is 1.94. The average Bonchev–Trinajstić information content (AvgIpc) is 2.51.